The van der Waals surface area contributed by atoms with Gasteiger partial charge < -0.3 is 20.3 Å². The first-order valence-electron chi connectivity index (χ1n) is 9.26. The number of likely N-dealkylation sites (N-methyl/N-ethyl adjacent to an activating group) is 1. The van der Waals surface area contributed by atoms with Gasteiger partial charge in [0.1, 0.15) is 0 Å². The van der Waals surface area contributed by atoms with Crippen LogP contribution in [0.4, 0.5) is 0 Å². The van der Waals surface area contributed by atoms with Gasteiger partial charge in [-0.3, -0.25) is 14.6 Å². The Morgan fingerprint density at radius 2 is 2.00 bits per heavy atom. The molecule has 1 aliphatic rings. The lowest BCUT2D eigenvalue weighted by Gasteiger charge is -2.41. The fourth-order valence-corrected chi connectivity index (χ4v) is 3.21. The van der Waals surface area contributed by atoms with Crippen molar-refractivity contribution < 1.29 is 4.74 Å². The summed E-state index contributed by atoms with van der Waals surface area (Å²) in [5, 5.41) is 11.2. The van der Waals surface area contributed by atoms with Crippen molar-refractivity contribution in [2.75, 3.05) is 60.5 Å². The van der Waals surface area contributed by atoms with Crippen molar-refractivity contribution in [3.63, 3.8) is 0 Å². The molecule has 0 saturated carbocycles. The summed E-state index contributed by atoms with van der Waals surface area (Å²) in [5.41, 5.74) is 1.24. The van der Waals surface area contributed by atoms with Crippen molar-refractivity contribution in [3.8, 4) is 0 Å². The Balaban J connectivity index is 0.00000364. The number of hydrogen-bond donors (Lipinski definition) is 2. The fourth-order valence-electron chi connectivity index (χ4n) is 3.21. The zero-order valence-corrected chi connectivity index (χ0v) is 19.9. The summed E-state index contributed by atoms with van der Waals surface area (Å²) in [4.78, 5) is 9.04. The minimum absolute atomic E-state index is 0. The van der Waals surface area contributed by atoms with E-state index in [4.69, 9.17) is 4.74 Å². The van der Waals surface area contributed by atoms with E-state index in [1.165, 1.54) is 5.56 Å². The van der Waals surface area contributed by atoms with Crippen LogP contribution < -0.4 is 10.6 Å². The van der Waals surface area contributed by atoms with Crippen LogP contribution in [0, 0.1) is 0 Å². The zero-order chi connectivity index (χ0) is 19.2. The minimum atomic E-state index is 0. The Morgan fingerprint density at radius 1 is 1.33 bits per heavy atom. The second-order valence-corrected chi connectivity index (χ2v) is 7.65. The van der Waals surface area contributed by atoms with Gasteiger partial charge in [-0.25, -0.2) is 0 Å². The molecule has 1 fully saturated rings. The van der Waals surface area contributed by atoms with E-state index in [0.29, 0.717) is 0 Å². The molecule has 2 N–H and O–H groups in total. The molecule has 2 heterocycles. The Hall–Kier alpha value is -0.910. The van der Waals surface area contributed by atoms with Crippen LogP contribution in [0.2, 0.25) is 0 Å². The predicted octanol–water partition coefficient (Wildman–Crippen LogP) is 0.917. The lowest BCUT2D eigenvalue weighted by atomic mass is 10.0. The van der Waals surface area contributed by atoms with Crippen molar-refractivity contribution in [1.82, 2.24) is 30.2 Å². The topological polar surface area (TPSA) is 70.0 Å². The normalized spacial score (nSPS) is 17.5. The number of aliphatic imine (C=N–C) groups is 1. The third-order valence-electron chi connectivity index (χ3n) is 4.98. The van der Waals surface area contributed by atoms with Gasteiger partial charge in [-0.15, -0.1) is 24.0 Å². The van der Waals surface area contributed by atoms with Crippen LogP contribution in [0.1, 0.15) is 25.5 Å². The maximum atomic E-state index is 5.46. The van der Waals surface area contributed by atoms with Gasteiger partial charge in [0.25, 0.3) is 0 Å². The summed E-state index contributed by atoms with van der Waals surface area (Å²) in [5.74, 6) is 0.821. The number of nitrogens with one attached hydrogen (secondary N) is 2. The lowest BCUT2D eigenvalue weighted by molar-refractivity contribution is -0.00834. The van der Waals surface area contributed by atoms with Gasteiger partial charge in [-0.1, -0.05) is 0 Å². The molecule has 0 radical (unpaired) electrons. The quantitative estimate of drug-likeness (QED) is 0.335. The van der Waals surface area contributed by atoms with Gasteiger partial charge in [-0.05, 0) is 27.9 Å². The highest BCUT2D eigenvalue weighted by atomic mass is 127. The molecule has 156 valence electrons. The first kappa shape index (κ1) is 24.1. The van der Waals surface area contributed by atoms with Crippen molar-refractivity contribution >= 4 is 29.9 Å². The van der Waals surface area contributed by atoms with Gasteiger partial charge in [0.05, 0.1) is 25.5 Å². The number of aryl methyl sites for hydroxylation is 1. The molecule has 1 aromatic rings. The van der Waals surface area contributed by atoms with Crippen molar-refractivity contribution in [2.45, 2.75) is 25.4 Å². The van der Waals surface area contributed by atoms with Crippen LogP contribution in [0.25, 0.3) is 0 Å². The average molecular weight is 493 g/mol. The monoisotopic (exact) mass is 493 g/mol. The van der Waals surface area contributed by atoms with E-state index < -0.39 is 0 Å². The molecule has 8 nitrogen and oxygen atoms in total. The van der Waals surface area contributed by atoms with Crippen LogP contribution in [0.15, 0.2) is 17.4 Å². The predicted molar refractivity (Wildman–Crippen MR) is 121 cm³/mol. The first-order valence-corrected chi connectivity index (χ1v) is 9.26. The summed E-state index contributed by atoms with van der Waals surface area (Å²) < 4.78 is 7.30. The van der Waals surface area contributed by atoms with E-state index in [2.05, 4.69) is 64.7 Å². The zero-order valence-electron chi connectivity index (χ0n) is 17.5. The standard InChI is InChI=1S/C18H35N7O.HI/c1-18(2,25-7-9-26-10-8-25)14-21-17(19-3)20-12-16(23(4)5)15-11-22-24(6)13-15;/h11,13,16H,7-10,12,14H2,1-6H3,(H2,19,20,21);1H. The third kappa shape index (κ3) is 7.20. The van der Waals surface area contributed by atoms with Gasteiger partial charge in [0.2, 0.25) is 0 Å². The van der Waals surface area contributed by atoms with E-state index in [9.17, 15) is 0 Å². The molecule has 0 amide bonds. The number of nitrogens with zero attached hydrogens (tertiary/aromatic N) is 5. The molecule has 1 aromatic heterocycles. The number of morpholine rings is 1. The minimum Gasteiger partial charge on any atom is -0.379 e. The molecule has 1 unspecified atom stereocenters. The van der Waals surface area contributed by atoms with Crippen LogP contribution >= 0.6 is 24.0 Å². The molecule has 0 aromatic carbocycles. The fraction of sp³-hybridized carbons (Fsp3) is 0.778. The third-order valence-corrected chi connectivity index (χ3v) is 4.98. The van der Waals surface area contributed by atoms with Gasteiger partial charge in [-0.2, -0.15) is 5.10 Å². The van der Waals surface area contributed by atoms with E-state index >= 15 is 0 Å². The molecule has 1 atom stereocenters. The number of halogens is 1. The molecule has 9 heteroatoms. The SMILES string of the molecule is CN=C(NCC(c1cnn(C)c1)N(C)C)NCC(C)(C)N1CCOCC1.I. The summed E-state index contributed by atoms with van der Waals surface area (Å²) in [6.45, 7) is 9.68. The highest BCUT2D eigenvalue weighted by molar-refractivity contribution is 14.0. The Morgan fingerprint density at radius 3 is 2.52 bits per heavy atom. The molecule has 0 aliphatic carbocycles. The smallest absolute Gasteiger partial charge is 0.191 e. The highest BCUT2D eigenvalue weighted by Crippen LogP contribution is 2.17. The number of aromatic nitrogens is 2. The Labute approximate surface area is 180 Å². The summed E-state index contributed by atoms with van der Waals surface area (Å²) in [6, 6.07) is 0.231. The second kappa shape index (κ2) is 11.2. The van der Waals surface area contributed by atoms with Gasteiger partial charge in [0, 0.05) is 57.6 Å². The van der Waals surface area contributed by atoms with Crippen molar-refractivity contribution in [3.05, 3.63) is 18.0 Å². The van der Waals surface area contributed by atoms with Crippen LogP contribution in [-0.2, 0) is 11.8 Å². The average Bonchev–Trinajstić information content (AvgIpc) is 3.04. The Kier molecular flexibility index (Phi) is 9.99. The van der Waals surface area contributed by atoms with Gasteiger partial charge >= 0.3 is 0 Å². The molecule has 0 bridgehead atoms. The highest BCUT2D eigenvalue weighted by Gasteiger charge is 2.28. The molecule has 27 heavy (non-hydrogen) atoms. The molecule has 2 rings (SSSR count). The summed E-state index contributed by atoms with van der Waals surface area (Å²) in [7, 11) is 7.91. The number of rotatable bonds is 7. The molecule has 1 saturated heterocycles. The second-order valence-electron chi connectivity index (χ2n) is 7.65. The number of ether oxygens (including phenoxy) is 1. The van der Waals surface area contributed by atoms with Crippen molar-refractivity contribution in [2.24, 2.45) is 12.0 Å². The summed E-state index contributed by atoms with van der Waals surface area (Å²) in [6.07, 6.45) is 3.98. The number of guanidine groups is 1. The van der Waals surface area contributed by atoms with E-state index in [0.717, 1.165) is 45.4 Å². The maximum Gasteiger partial charge on any atom is 0.191 e. The molecular weight excluding hydrogens is 457 g/mol. The van der Waals surface area contributed by atoms with E-state index in [1.807, 2.05) is 25.0 Å². The van der Waals surface area contributed by atoms with E-state index in [1.54, 1.807) is 0 Å². The largest absolute Gasteiger partial charge is 0.379 e. The van der Waals surface area contributed by atoms with Crippen molar-refractivity contribution in [1.29, 1.82) is 0 Å². The van der Waals surface area contributed by atoms with Crippen LogP contribution in [0.5, 0.6) is 0 Å². The first-order chi connectivity index (χ1) is 12.3. The molecule has 1 aliphatic heterocycles. The maximum absolute atomic E-state index is 5.46. The van der Waals surface area contributed by atoms with E-state index in [-0.39, 0.29) is 35.6 Å². The van der Waals surface area contributed by atoms with Gasteiger partial charge in [0.15, 0.2) is 5.96 Å². The summed E-state index contributed by atoms with van der Waals surface area (Å²) >= 11 is 0. The molecule has 0 spiro atoms. The van der Waals surface area contributed by atoms with Crippen LogP contribution in [0.3, 0.4) is 0 Å². The molecular formula is C18H36IN7O. The van der Waals surface area contributed by atoms with Crippen LogP contribution in [-0.4, -0.2) is 91.6 Å². The lowest BCUT2D eigenvalue weighted by Crippen LogP contribution is -2.56. The Bertz CT molecular complexity index is 582. The number of hydrogen-bond acceptors (Lipinski definition) is 5.